The molecule has 3 nitrogen and oxygen atoms in total. The molecule has 0 heterocycles. The van der Waals surface area contributed by atoms with Gasteiger partial charge in [0.1, 0.15) is 5.75 Å². The van der Waals surface area contributed by atoms with E-state index in [-0.39, 0.29) is 11.9 Å². The Morgan fingerprint density at radius 1 is 1.53 bits per heavy atom. The molecule has 1 aliphatic carbocycles. The highest BCUT2D eigenvalue weighted by Gasteiger charge is 2.43. The summed E-state index contributed by atoms with van der Waals surface area (Å²) in [4.78, 5) is 11.2. The fourth-order valence-corrected chi connectivity index (χ4v) is 2.26. The van der Waals surface area contributed by atoms with E-state index in [2.05, 4.69) is 0 Å². The van der Waals surface area contributed by atoms with Gasteiger partial charge >= 0.3 is 5.97 Å². The van der Waals surface area contributed by atoms with E-state index in [0.717, 1.165) is 30.4 Å². The first-order valence-corrected chi connectivity index (χ1v) is 5.98. The lowest BCUT2D eigenvalue weighted by molar-refractivity contribution is -0.142. The van der Waals surface area contributed by atoms with Crippen LogP contribution in [0.4, 0.5) is 0 Å². The second kappa shape index (κ2) is 4.78. The van der Waals surface area contributed by atoms with Gasteiger partial charge in [0.25, 0.3) is 0 Å². The van der Waals surface area contributed by atoms with Crippen LogP contribution in [0.2, 0.25) is 0 Å². The van der Waals surface area contributed by atoms with E-state index in [1.807, 2.05) is 19.1 Å². The van der Waals surface area contributed by atoms with Gasteiger partial charge < -0.3 is 9.84 Å². The summed E-state index contributed by atoms with van der Waals surface area (Å²) in [5, 5.41) is 9.70. The summed E-state index contributed by atoms with van der Waals surface area (Å²) in [7, 11) is 1.43. The van der Waals surface area contributed by atoms with Crippen molar-refractivity contribution in [1.82, 2.24) is 0 Å². The van der Waals surface area contributed by atoms with Crippen LogP contribution in [0.25, 0.3) is 0 Å². The molecule has 0 aromatic heterocycles. The number of carbonyl (C=O) groups excluding carboxylic acids is 1. The van der Waals surface area contributed by atoms with Crippen molar-refractivity contribution in [3.63, 3.8) is 0 Å². The van der Waals surface area contributed by atoms with Crippen LogP contribution in [0.1, 0.15) is 24.0 Å². The molecule has 1 aliphatic rings. The Bertz CT molecular complexity index is 425. The molecule has 0 aliphatic heterocycles. The molecule has 0 spiro atoms. The second-order valence-corrected chi connectivity index (χ2v) is 4.80. The molecular weight excluding hydrogens is 216 g/mol. The molecule has 0 saturated heterocycles. The van der Waals surface area contributed by atoms with Gasteiger partial charge in [0, 0.05) is 0 Å². The highest BCUT2D eigenvalue weighted by molar-refractivity contribution is 5.75. The minimum Gasteiger partial charge on any atom is -0.508 e. The Balaban J connectivity index is 1.87. The first-order chi connectivity index (χ1) is 8.11. The molecule has 0 amide bonds. The Hall–Kier alpha value is -1.51. The summed E-state index contributed by atoms with van der Waals surface area (Å²) in [5.74, 6) is 0.781. The zero-order chi connectivity index (χ0) is 12.4. The Kier molecular flexibility index (Phi) is 3.36. The van der Waals surface area contributed by atoms with Crippen molar-refractivity contribution in [1.29, 1.82) is 0 Å². The van der Waals surface area contributed by atoms with Crippen LogP contribution in [-0.4, -0.2) is 18.2 Å². The lowest BCUT2D eigenvalue weighted by atomic mass is 10.0. The number of phenols is 1. The van der Waals surface area contributed by atoms with Crippen LogP contribution < -0.4 is 0 Å². The topological polar surface area (TPSA) is 46.5 Å². The average molecular weight is 234 g/mol. The molecule has 3 heteroatoms. The molecule has 17 heavy (non-hydrogen) atoms. The predicted octanol–water partition coefficient (Wildman–Crippen LogP) is 2.44. The number of hydrogen-bond acceptors (Lipinski definition) is 3. The van der Waals surface area contributed by atoms with Crippen LogP contribution >= 0.6 is 0 Å². The second-order valence-electron chi connectivity index (χ2n) is 4.80. The van der Waals surface area contributed by atoms with Gasteiger partial charge in [0.2, 0.25) is 0 Å². The minimum atomic E-state index is -0.0940. The standard InChI is InChI=1S/C14H18O3/c1-9-3-6-13(15)11(7-9)5-4-10-8-12(10)14(16)17-2/h3,6-7,10,12,15H,4-5,8H2,1-2H3. The van der Waals surface area contributed by atoms with E-state index in [1.165, 1.54) is 7.11 Å². The maximum absolute atomic E-state index is 11.2. The number of rotatable bonds is 4. The number of methoxy groups -OCH3 is 1. The van der Waals surface area contributed by atoms with Gasteiger partial charge in [-0.15, -0.1) is 0 Å². The van der Waals surface area contributed by atoms with E-state index < -0.39 is 0 Å². The average Bonchev–Trinajstić information content (AvgIpc) is 3.09. The van der Waals surface area contributed by atoms with Crippen molar-refractivity contribution in [2.75, 3.05) is 7.11 Å². The van der Waals surface area contributed by atoms with Gasteiger partial charge in [0.05, 0.1) is 13.0 Å². The summed E-state index contributed by atoms with van der Waals surface area (Å²) >= 11 is 0. The lowest BCUT2D eigenvalue weighted by Crippen LogP contribution is -2.04. The summed E-state index contributed by atoms with van der Waals surface area (Å²) in [6.45, 7) is 2.01. The number of hydrogen-bond donors (Lipinski definition) is 1. The molecule has 1 fully saturated rings. The van der Waals surface area contributed by atoms with E-state index in [9.17, 15) is 9.90 Å². The van der Waals surface area contributed by atoms with Crippen LogP contribution in [-0.2, 0) is 16.0 Å². The Morgan fingerprint density at radius 2 is 2.29 bits per heavy atom. The largest absolute Gasteiger partial charge is 0.508 e. The summed E-state index contributed by atoms with van der Waals surface area (Å²) in [6, 6.07) is 5.63. The Labute approximate surface area is 101 Å². The van der Waals surface area contributed by atoms with Gasteiger partial charge in [-0.05, 0) is 43.7 Å². The van der Waals surface area contributed by atoms with E-state index >= 15 is 0 Å². The molecule has 2 unspecified atom stereocenters. The van der Waals surface area contributed by atoms with Crippen molar-refractivity contribution in [2.24, 2.45) is 11.8 Å². The number of benzene rings is 1. The molecule has 0 radical (unpaired) electrons. The van der Waals surface area contributed by atoms with Crippen molar-refractivity contribution >= 4 is 5.97 Å². The fourth-order valence-electron chi connectivity index (χ4n) is 2.26. The molecule has 1 saturated carbocycles. The smallest absolute Gasteiger partial charge is 0.308 e. The van der Waals surface area contributed by atoms with Crippen LogP contribution in [0.15, 0.2) is 18.2 Å². The van der Waals surface area contributed by atoms with Crippen molar-refractivity contribution in [3.05, 3.63) is 29.3 Å². The zero-order valence-electron chi connectivity index (χ0n) is 10.3. The van der Waals surface area contributed by atoms with E-state index in [1.54, 1.807) is 6.07 Å². The lowest BCUT2D eigenvalue weighted by Gasteiger charge is -2.05. The molecule has 1 N–H and O–H groups in total. The highest BCUT2D eigenvalue weighted by atomic mass is 16.5. The molecule has 2 atom stereocenters. The van der Waals surface area contributed by atoms with Crippen molar-refractivity contribution in [3.8, 4) is 5.75 Å². The van der Waals surface area contributed by atoms with Crippen molar-refractivity contribution < 1.29 is 14.6 Å². The van der Waals surface area contributed by atoms with Gasteiger partial charge in [0.15, 0.2) is 0 Å². The molecule has 1 aromatic rings. The van der Waals surface area contributed by atoms with Gasteiger partial charge in [-0.1, -0.05) is 17.7 Å². The molecule has 0 bridgehead atoms. The quantitative estimate of drug-likeness (QED) is 0.814. The van der Waals surface area contributed by atoms with Crippen LogP contribution in [0.3, 0.4) is 0 Å². The van der Waals surface area contributed by atoms with E-state index in [0.29, 0.717) is 11.7 Å². The highest BCUT2D eigenvalue weighted by Crippen LogP contribution is 2.43. The summed E-state index contributed by atoms with van der Waals surface area (Å²) in [6.07, 6.45) is 2.70. The predicted molar refractivity (Wildman–Crippen MR) is 64.8 cm³/mol. The summed E-state index contributed by atoms with van der Waals surface area (Å²) < 4.78 is 4.71. The zero-order valence-corrected chi connectivity index (χ0v) is 10.3. The molecular formula is C14H18O3. The first-order valence-electron chi connectivity index (χ1n) is 5.98. The number of phenolic OH excluding ortho intramolecular Hbond substituents is 1. The normalized spacial score (nSPS) is 22.2. The monoisotopic (exact) mass is 234 g/mol. The van der Waals surface area contributed by atoms with Gasteiger partial charge in [-0.2, -0.15) is 0 Å². The third kappa shape index (κ3) is 2.78. The fraction of sp³-hybridized carbons (Fsp3) is 0.500. The number of ether oxygens (including phenoxy) is 1. The number of aryl methyl sites for hydroxylation is 2. The first kappa shape index (κ1) is 12.0. The summed E-state index contributed by atoms with van der Waals surface area (Å²) in [5.41, 5.74) is 2.12. The third-order valence-electron chi connectivity index (χ3n) is 3.45. The van der Waals surface area contributed by atoms with Gasteiger partial charge in [-0.3, -0.25) is 4.79 Å². The molecule has 92 valence electrons. The number of aromatic hydroxyl groups is 1. The third-order valence-corrected chi connectivity index (χ3v) is 3.45. The molecule has 1 aromatic carbocycles. The maximum atomic E-state index is 11.2. The van der Waals surface area contributed by atoms with Crippen molar-refractivity contribution in [2.45, 2.75) is 26.2 Å². The van der Waals surface area contributed by atoms with Gasteiger partial charge in [-0.25, -0.2) is 0 Å². The van der Waals surface area contributed by atoms with E-state index in [4.69, 9.17) is 4.74 Å². The maximum Gasteiger partial charge on any atom is 0.308 e. The minimum absolute atomic E-state index is 0.0898. The Morgan fingerprint density at radius 3 is 3.00 bits per heavy atom. The molecule has 2 rings (SSSR count). The van der Waals surface area contributed by atoms with Crippen LogP contribution in [0.5, 0.6) is 5.75 Å². The number of esters is 1. The SMILES string of the molecule is COC(=O)C1CC1CCc1cc(C)ccc1O. The van der Waals surface area contributed by atoms with Crippen LogP contribution in [0, 0.1) is 18.8 Å². The number of carbonyl (C=O) groups is 1.